The number of hydrogen-bond donors (Lipinski definition) is 6. The minimum absolute atomic E-state index is 0.336. The summed E-state index contributed by atoms with van der Waals surface area (Å²) in [6.07, 6.45) is 34.9. The van der Waals surface area contributed by atoms with Crippen LogP contribution in [0.5, 0.6) is 0 Å². The molecular formula is C71H82N24O7S6. The highest BCUT2D eigenvalue weighted by atomic mass is 32.3. The molecule has 12 aromatic heterocycles. The van der Waals surface area contributed by atoms with E-state index in [1.165, 1.54) is 42.6 Å². The van der Waals surface area contributed by atoms with Crippen LogP contribution in [0.4, 0.5) is 32.5 Å². The minimum atomic E-state index is -3.60. The number of aromatic nitrogens is 15. The Labute approximate surface area is 636 Å². The topological polar surface area (TPSA) is 338 Å². The van der Waals surface area contributed by atoms with Crippen molar-refractivity contribution in [2.75, 3.05) is 108 Å². The number of anilines is 6. The second-order valence-electron chi connectivity index (χ2n) is 27.2. The van der Waals surface area contributed by atoms with Gasteiger partial charge in [0.15, 0.2) is 34.4 Å². The maximum Gasteiger partial charge on any atom is 0.253 e. The molecule has 0 aromatic carbocycles. The van der Waals surface area contributed by atoms with Gasteiger partial charge in [0.05, 0.1) is 99.6 Å². The van der Waals surface area contributed by atoms with Crippen LogP contribution < -0.4 is 31.9 Å². The standard InChI is InChI=1S/C24H28N8O3S2.C24H28N8O2S2.C23H26N8O2S2/c1-16-10-21(36-24(16)37(33,34)31-6-8-35-9-7-31)29-22-23-26-13-20(18-12-27-30(2)14-18)32(23)15-19(28-22)17-4-3-5-25-11-17;1-16-10-21(35-24(16)36(33,34)31-8-3-4-9-31)29-22-23-26-13-20(18-12-27-30(2)14-18)32(23)15-19(28-22)17-6-5-7-25-11-17;1-15-9-20(34-23(15)35(32,33)30-7-4-8-30)28-21-22-25-12-19(17-11-26-29(2)13-17)31(22)14-18(27-21)16-5-3-6-24-10-16/h4,10,12-15,25H,3,5-9,11H2,1-2H3,(H,28,29);6,10,12-15,25H,3-5,7-9,11H2,1-2H3,(H,28,29);5,9,11-14,24H,3-4,6-8,10H2,1-2H3,(H,27,28). The Morgan fingerprint density at radius 3 is 1.01 bits per heavy atom. The Hall–Kier alpha value is -9.22. The van der Waals surface area contributed by atoms with Crippen molar-refractivity contribution in [1.29, 1.82) is 0 Å². The van der Waals surface area contributed by atoms with Crippen LogP contribution in [0.2, 0.25) is 0 Å². The number of morpholine rings is 1. The average molecular weight is 1580 g/mol. The summed E-state index contributed by atoms with van der Waals surface area (Å²) in [5.41, 5.74) is 15.6. The van der Waals surface area contributed by atoms with Crippen LogP contribution in [-0.2, 0) is 55.9 Å². The monoisotopic (exact) mass is 1570 g/mol. The van der Waals surface area contributed by atoms with Crippen LogP contribution in [0.25, 0.3) is 67.4 Å². The van der Waals surface area contributed by atoms with Crippen molar-refractivity contribution >= 4 is 130 Å². The molecule has 6 N–H and O–H groups in total. The lowest BCUT2D eigenvalue weighted by atomic mass is 10.1. The van der Waals surface area contributed by atoms with Crippen LogP contribution >= 0.6 is 34.0 Å². The maximum absolute atomic E-state index is 13.3. The number of fused-ring (bicyclic) bond motifs is 3. The van der Waals surface area contributed by atoms with Gasteiger partial charge >= 0.3 is 0 Å². The zero-order chi connectivity index (χ0) is 74.6. The summed E-state index contributed by atoms with van der Waals surface area (Å²) < 4.78 is 101. The van der Waals surface area contributed by atoms with E-state index >= 15 is 0 Å². The molecule has 6 aliphatic heterocycles. The van der Waals surface area contributed by atoms with Crippen molar-refractivity contribution in [3.63, 3.8) is 0 Å². The Kier molecular flexibility index (Phi) is 20.5. The molecule has 0 radical (unpaired) electrons. The van der Waals surface area contributed by atoms with E-state index in [9.17, 15) is 25.3 Å². The van der Waals surface area contributed by atoms with Gasteiger partial charge < -0.3 is 36.6 Å². The summed E-state index contributed by atoms with van der Waals surface area (Å²) in [6, 6.07) is 5.61. The molecule has 108 heavy (non-hydrogen) atoms. The van der Waals surface area contributed by atoms with Gasteiger partial charge in [-0.05, 0) is 131 Å². The highest BCUT2D eigenvalue weighted by Gasteiger charge is 2.35. The number of imidazole rings is 3. The second kappa shape index (κ2) is 30.3. The molecule has 18 heterocycles. The molecule has 0 spiro atoms. The molecule has 6 aliphatic rings. The summed E-state index contributed by atoms with van der Waals surface area (Å²) >= 11 is 3.70. The van der Waals surface area contributed by atoms with Crippen LogP contribution in [0.1, 0.15) is 72.3 Å². The van der Waals surface area contributed by atoms with E-state index < -0.39 is 30.1 Å². The number of nitrogens with zero attached hydrogens (tertiary/aromatic N) is 18. The first-order valence-electron chi connectivity index (χ1n) is 35.7. The zero-order valence-electron chi connectivity index (χ0n) is 60.4. The van der Waals surface area contributed by atoms with Gasteiger partial charge in [0.2, 0.25) is 0 Å². The quantitative estimate of drug-likeness (QED) is 0.0466. The predicted octanol–water partition coefficient (Wildman–Crippen LogP) is 9.06. The van der Waals surface area contributed by atoms with Crippen LogP contribution in [0.3, 0.4) is 0 Å². The smallest absolute Gasteiger partial charge is 0.253 e. The van der Waals surface area contributed by atoms with E-state index in [4.69, 9.17) is 19.7 Å². The lowest BCUT2D eigenvalue weighted by Crippen LogP contribution is -2.41. The maximum atomic E-state index is 13.3. The Morgan fingerprint density at radius 1 is 0.417 bits per heavy atom. The third-order valence-corrected chi connectivity index (χ3v) is 30.5. The van der Waals surface area contributed by atoms with Crippen molar-refractivity contribution < 1.29 is 30.0 Å². The SMILES string of the molecule is Cc1cc(Nc2nc(C3=CCCNC3)cn3c(-c4cnn(C)c4)cnc23)sc1S(=O)(=O)N1CCC1.Cc1cc(Nc2nc(C3=CCCNC3)cn3c(-c4cnn(C)c4)cnc23)sc1S(=O)(=O)N1CCCC1.Cc1cc(Nc2nc(C3=CCCNC3)cn3c(-c4cnn(C)c4)cnc23)sc1S(=O)(=O)N1CCOCC1. The van der Waals surface area contributed by atoms with Crippen molar-refractivity contribution in [3.05, 3.63) is 145 Å². The predicted molar refractivity (Wildman–Crippen MR) is 420 cm³/mol. The van der Waals surface area contributed by atoms with Gasteiger partial charge in [0.25, 0.3) is 30.1 Å². The van der Waals surface area contributed by atoms with Gasteiger partial charge in [-0.1, -0.05) is 18.2 Å². The van der Waals surface area contributed by atoms with E-state index in [1.807, 2.05) is 148 Å². The van der Waals surface area contributed by atoms with Gasteiger partial charge in [0, 0.05) is 134 Å². The Bertz CT molecular complexity index is 5850. The van der Waals surface area contributed by atoms with Crippen molar-refractivity contribution in [1.82, 2.24) is 101 Å². The van der Waals surface area contributed by atoms with Crippen molar-refractivity contribution in [2.45, 2.75) is 71.9 Å². The van der Waals surface area contributed by atoms with E-state index in [1.54, 1.807) is 18.4 Å². The van der Waals surface area contributed by atoms with Crippen molar-refractivity contribution in [3.8, 4) is 33.8 Å². The first-order valence-corrected chi connectivity index (χ1v) is 42.5. The number of nitrogens with one attached hydrogen (secondary N) is 6. The fourth-order valence-corrected chi connectivity index (χ4v) is 23.4. The fourth-order valence-electron chi connectivity index (χ4n) is 13.8. The second-order valence-corrected chi connectivity index (χ2v) is 36.8. The number of rotatable bonds is 18. The highest BCUT2D eigenvalue weighted by molar-refractivity contribution is 7.92. The number of thiophene rings is 3. The highest BCUT2D eigenvalue weighted by Crippen LogP contribution is 2.41. The van der Waals surface area contributed by atoms with Gasteiger partial charge in [0.1, 0.15) is 12.6 Å². The van der Waals surface area contributed by atoms with Gasteiger partial charge in [-0.15, -0.1) is 34.0 Å². The number of aryl methyl sites for hydroxylation is 6. The lowest BCUT2D eigenvalue weighted by Gasteiger charge is -2.29. The molecule has 31 nitrogen and oxygen atoms in total. The molecule has 0 aliphatic carbocycles. The summed E-state index contributed by atoms with van der Waals surface area (Å²) in [7, 11) is -4.90. The largest absolute Gasteiger partial charge is 0.379 e. The number of hydrogen-bond acceptors (Lipinski definition) is 25. The Balaban J connectivity index is 0.000000124. The molecule has 12 aromatic rings. The first-order chi connectivity index (χ1) is 52.2. The first kappa shape index (κ1) is 73.0. The molecule has 0 amide bonds. The summed E-state index contributed by atoms with van der Waals surface area (Å²) in [6.45, 7) is 14.4. The van der Waals surface area contributed by atoms with E-state index in [2.05, 4.69) is 80.4 Å². The lowest BCUT2D eigenvalue weighted by molar-refractivity contribution is 0.0731. The molecule has 564 valence electrons. The van der Waals surface area contributed by atoms with E-state index in [0.29, 0.717) is 110 Å². The van der Waals surface area contributed by atoms with Crippen LogP contribution in [0, 0.1) is 20.8 Å². The van der Waals surface area contributed by atoms with E-state index in [0.717, 1.165) is 166 Å². The van der Waals surface area contributed by atoms with Crippen LogP contribution in [-0.4, -0.2) is 202 Å². The molecular weight excluding hydrogens is 1490 g/mol. The van der Waals surface area contributed by atoms with Crippen molar-refractivity contribution in [2.24, 2.45) is 21.1 Å². The summed E-state index contributed by atoms with van der Waals surface area (Å²) in [5, 5.41) is 35.4. The molecule has 3 saturated heterocycles. The molecule has 18 rings (SSSR count). The number of sulfonamides is 3. The molecule has 3 fully saturated rings. The fraction of sp³-hybridized carbons (Fsp3) is 0.366. The average Bonchev–Trinajstić information content (AvgIpc) is 1.60. The molecule has 37 heteroatoms. The third-order valence-electron chi connectivity index (χ3n) is 19.5. The summed E-state index contributed by atoms with van der Waals surface area (Å²) in [4.78, 5) is 28.8. The Morgan fingerprint density at radius 2 is 0.731 bits per heavy atom. The third kappa shape index (κ3) is 14.7. The van der Waals surface area contributed by atoms with Gasteiger partial charge in [-0.2, -0.15) is 28.2 Å². The molecule has 0 atom stereocenters. The molecule has 0 bridgehead atoms. The van der Waals surface area contributed by atoms with Gasteiger partial charge in [-0.25, -0.2) is 55.2 Å². The number of ether oxygens (including phenoxy) is 1. The van der Waals surface area contributed by atoms with Gasteiger partial charge in [-0.3, -0.25) is 27.2 Å². The minimum Gasteiger partial charge on any atom is -0.379 e. The summed E-state index contributed by atoms with van der Waals surface area (Å²) in [5.74, 6) is 1.73. The van der Waals surface area contributed by atoms with E-state index in [-0.39, 0.29) is 0 Å². The zero-order valence-corrected chi connectivity index (χ0v) is 65.3. The normalized spacial score (nSPS) is 17.1. The molecule has 0 saturated carbocycles. The molecule has 0 unspecified atom stereocenters. The van der Waals surface area contributed by atoms with Crippen LogP contribution in [0.15, 0.2) is 123 Å².